The summed E-state index contributed by atoms with van der Waals surface area (Å²) >= 11 is 0. The average Bonchev–Trinajstić information content (AvgIpc) is 3.50. The van der Waals surface area contributed by atoms with Crippen molar-refractivity contribution in [2.45, 2.75) is 101 Å². The third-order valence-electron chi connectivity index (χ3n) is 9.05. The smallest absolute Gasteiger partial charge is 0.338 e. The summed E-state index contributed by atoms with van der Waals surface area (Å²) in [6, 6.07) is 20.4. The van der Waals surface area contributed by atoms with Gasteiger partial charge >= 0.3 is 11.9 Å². The van der Waals surface area contributed by atoms with Gasteiger partial charge in [0.2, 0.25) is 0 Å². The van der Waals surface area contributed by atoms with E-state index in [0.717, 1.165) is 25.7 Å². The predicted molar refractivity (Wildman–Crippen MR) is 150 cm³/mol. The molecule has 40 heavy (non-hydrogen) atoms. The zero-order valence-electron chi connectivity index (χ0n) is 23.6. The Morgan fingerprint density at radius 3 is 2.35 bits per heavy atom. The SMILES string of the molecule is CC(C)OC(=O)[C@H]1ON2O[C@H](O[C@@H]3CCCC[C@H]3c3ccccc3)C([Si](C)(C)c3ccccc3)[C@H]3OC(=O)[C@@H]1C32. The van der Waals surface area contributed by atoms with Crippen molar-refractivity contribution < 1.29 is 33.5 Å². The highest BCUT2D eigenvalue weighted by Gasteiger charge is 2.69. The van der Waals surface area contributed by atoms with Gasteiger partial charge in [-0.05, 0) is 32.3 Å². The molecule has 9 heteroatoms. The monoisotopic (exact) mass is 565 g/mol. The van der Waals surface area contributed by atoms with Gasteiger partial charge in [-0.2, -0.15) is 0 Å². The lowest BCUT2D eigenvalue weighted by molar-refractivity contribution is -0.446. The molecule has 6 rings (SSSR count). The summed E-state index contributed by atoms with van der Waals surface area (Å²) in [4.78, 5) is 38.8. The number of hydrogen-bond acceptors (Lipinski definition) is 8. The van der Waals surface area contributed by atoms with Gasteiger partial charge in [0, 0.05) is 11.5 Å². The van der Waals surface area contributed by atoms with Crippen molar-refractivity contribution in [3.8, 4) is 0 Å². The van der Waals surface area contributed by atoms with Gasteiger partial charge < -0.3 is 14.2 Å². The maximum atomic E-state index is 13.3. The van der Waals surface area contributed by atoms with Crippen molar-refractivity contribution in [2.24, 2.45) is 5.92 Å². The molecule has 0 N–H and O–H groups in total. The Kier molecular flexibility index (Phi) is 7.60. The van der Waals surface area contributed by atoms with Gasteiger partial charge in [-0.3, -0.25) is 9.63 Å². The van der Waals surface area contributed by atoms with Gasteiger partial charge in [-0.1, -0.05) is 97.0 Å². The van der Waals surface area contributed by atoms with Gasteiger partial charge in [0.25, 0.3) is 0 Å². The van der Waals surface area contributed by atoms with Crippen LogP contribution in [0.5, 0.6) is 0 Å². The lowest BCUT2D eigenvalue weighted by Crippen LogP contribution is -2.63. The first-order chi connectivity index (χ1) is 19.3. The first kappa shape index (κ1) is 27.6. The Hall–Kier alpha value is -2.56. The first-order valence-corrected chi connectivity index (χ1v) is 17.6. The first-order valence-electron chi connectivity index (χ1n) is 14.6. The molecule has 8 nitrogen and oxygen atoms in total. The van der Waals surface area contributed by atoms with E-state index in [4.69, 9.17) is 23.9 Å². The molecule has 3 heterocycles. The molecule has 2 aromatic carbocycles. The average molecular weight is 566 g/mol. The van der Waals surface area contributed by atoms with E-state index < -0.39 is 50.5 Å². The van der Waals surface area contributed by atoms with Gasteiger partial charge in [-0.15, -0.1) is 0 Å². The minimum Gasteiger partial charge on any atom is -0.461 e. The highest BCUT2D eigenvalue weighted by Crippen LogP contribution is 2.51. The minimum atomic E-state index is -2.38. The molecular formula is C31H39NO7Si. The zero-order valence-corrected chi connectivity index (χ0v) is 24.6. The Bertz CT molecular complexity index is 1210. The Morgan fingerprint density at radius 2 is 1.65 bits per heavy atom. The molecule has 0 radical (unpaired) electrons. The third kappa shape index (κ3) is 4.92. The summed E-state index contributed by atoms with van der Waals surface area (Å²) in [5.41, 5.74) is 1.05. The second kappa shape index (κ2) is 11.0. The van der Waals surface area contributed by atoms with Crippen molar-refractivity contribution in [2.75, 3.05) is 0 Å². The topological polar surface area (TPSA) is 83.5 Å². The second-order valence-electron chi connectivity index (χ2n) is 12.3. The van der Waals surface area contributed by atoms with Crippen LogP contribution in [-0.2, 0) is 33.5 Å². The van der Waals surface area contributed by atoms with Gasteiger partial charge in [0.1, 0.15) is 18.1 Å². The number of benzene rings is 2. The minimum absolute atomic E-state index is 0.0574. The van der Waals surface area contributed by atoms with Gasteiger partial charge in [0.05, 0.1) is 20.3 Å². The van der Waals surface area contributed by atoms with Crippen molar-refractivity contribution in [3.05, 3.63) is 66.2 Å². The van der Waals surface area contributed by atoms with Crippen LogP contribution < -0.4 is 5.19 Å². The number of hydroxylamine groups is 2. The molecule has 0 amide bonds. The van der Waals surface area contributed by atoms with E-state index >= 15 is 0 Å². The largest absolute Gasteiger partial charge is 0.461 e. The van der Waals surface area contributed by atoms with Crippen LogP contribution in [0.2, 0.25) is 18.6 Å². The van der Waals surface area contributed by atoms with Crippen LogP contribution in [0.4, 0.5) is 0 Å². The van der Waals surface area contributed by atoms with Crippen molar-refractivity contribution in [1.82, 2.24) is 5.23 Å². The lowest BCUT2D eigenvalue weighted by atomic mass is 9.81. The van der Waals surface area contributed by atoms with Gasteiger partial charge in [0.15, 0.2) is 12.4 Å². The second-order valence-corrected chi connectivity index (χ2v) is 17.0. The Morgan fingerprint density at radius 1 is 0.975 bits per heavy atom. The molecule has 0 spiro atoms. The fourth-order valence-electron chi connectivity index (χ4n) is 7.05. The van der Waals surface area contributed by atoms with Crippen molar-refractivity contribution in [3.63, 3.8) is 0 Å². The zero-order chi connectivity index (χ0) is 28.0. The summed E-state index contributed by atoms with van der Waals surface area (Å²) in [5.74, 6) is -1.60. The number of esters is 2. The molecule has 3 saturated heterocycles. The number of ether oxygens (including phenoxy) is 3. The molecule has 1 aliphatic carbocycles. The molecule has 0 bridgehead atoms. The van der Waals surface area contributed by atoms with E-state index in [9.17, 15) is 9.59 Å². The summed E-state index contributed by atoms with van der Waals surface area (Å²) < 4.78 is 18.5. The van der Waals surface area contributed by atoms with E-state index in [1.807, 2.05) is 24.3 Å². The maximum absolute atomic E-state index is 13.3. The van der Waals surface area contributed by atoms with Crippen molar-refractivity contribution in [1.29, 1.82) is 0 Å². The number of rotatable bonds is 7. The fraction of sp³-hybridized carbons (Fsp3) is 0.548. The predicted octanol–water partition coefficient (Wildman–Crippen LogP) is 4.46. The van der Waals surface area contributed by atoms with Crippen LogP contribution in [0.25, 0.3) is 0 Å². The molecule has 8 atom stereocenters. The summed E-state index contributed by atoms with van der Waals surface area (Å²) in [7, 11) is -2.38. The standard InChI is InChI=1S/C31H39NO7Si/c1-19(2)35-30(34)26-24-25-27(37-29(24)33)28(40(3,4)21-15-9-6-10-16-21)31(39-32(25)38-26)36-23-18-12-11-17-22(23)20-13-7-5-8-14-20/h5-10,13-16,19,22-28,31H,11-12,17-18H2,1-4H3/t22-,23+,24+,25?,26-,27-,28?,31-/m0/s1. The molecular weight excluding hydrogens is 526 g/mol. The molecule has 214 valence electrons. The molecule has 2 unspecified atom stereocenters. The van der Waals surface area contributed by atoms with E-state index in [0.29, 0.717) is 0 Å². The van der Waals surface area contributed by atoms with E-state index in [1.54, 1.807) is 13.8 Å². The van der Waals surface area contributed by atoms with Crippen LogP contribution in [-0.4, -0.2) is 62.0 Å². The van der Waals surface area contributed by atoms with Crippen LogP contribution in [0, 0.1) is 5.92 Å². The molecule has 4 aliphatic rings. The van der Waals surface area contributed by atoms with E-state index in [-0.39, 0.29) is 23.7 Å². The highest BCUT2D eigenvalue weighted by atomic mass is 28.3. The van der Waals surface area contributed by atoms with E-state index in [1.165, 1.54) is 16.0 Å². The Labute approximate surface area is 236 Å². The summed E-state index contributed by atoms with van der Waals surface area (Å²) in [5, 5.41) is 2.55. The summed E-state index contributed by atoms with van der Waals surface area (Å²) in [6.07, 6.45) is 1.44. The molecule has 0 aromatic heterocycles. The number of nitrogens with zero attached hydrogens (tertiary/aromatic N) is 1. The lowest BCUT2D eigenvalue weighted by Gasteiger charge is -2.48. The molecule has 4 fully saturated rings. The maximum Gasteiger partial charge on any atom is 0.338 e. The summed E-state index contributed by atoms with van der Waals surface area (Å²) in [6.45, 7) is 8.10. The third-order valence-corrected chi connectivity index (χ3v) is 13.1. The van der Waals surface area contributed by atoms with Crippen LogP contribution >= 0.6 is 0 Å². The molecule has 3 aliphatic heterocycles. The number of carbonyl (C=O) groups is 2. The van der Waals surface area contributed by atoms with E-state index in [2.05, 4.69) is 49.5 Å². The number of hydrogen-bond donors (Lipinski definition) is 0. The van der Waals surface area contributed by atoms with Crippen LogP contribution in [0.15, 0.2) is 60.7 Å². The van der Waals surface area contributed by atoms with Crippen molar-refractivity contribution >= 4 is 25.2 Å². The fourth-order valence-corrected chi connectivity index (χ4v) is 10.4. The number of carbonyl (C=O) groups excluding carboxylic acids is 2. The van der Waals surface area contributed by atoms with Crippen LogP contribution in [0.1, 0.15) is 51.0 Å². The molecule has 1 saturated carbocycles. The van der Waals surface area contributed by atoms with Gasteiger partial charge in [-0.25, -0.2) is 9.63 Å². The highest BCUT2D eigenvalue weighted by molar-refractivity contribution is 6.91. The normalized spacial score (nSPS) is 34.0. The van der Waals surface area contributed by atoms with Crippen LogP contribution in [0.3, 0.4) is 0 Å². The Balaban J connectivity index is 1.36. The quantitative estimate of drug-likeness (QED) is 0.360. The molecule has 2 aromatic rings.